The van der Waals surface area contributed by atoms with Crippen LogP contribution in [0.2, 0.25) is 0 Å². The van der Waals surface area contributed by atoms with E-state index in [-0.39, 0.29) is 5.78 Å². The van der Waals surface area contributed by atoms with Gasteiger partial charge in [0, 0.05) is 11.3 Å². The lowest BCUT2D eigenvalue weighted by Gasteiger charge is -2.27. The van der Waals surface area contributed by atoms with Gasteiger partial charge in [0.25, 0.3) is 5.91 Å². The first kappa shape index (κ1) is 18.6. The van der Waals surface area contributed by atoms with Gasteiger partial charge in [-0.25, -0.2) is 0 Å². The number of ketones is 2. The molecule has 0 aromatic heterocycles. The maximum absolute atomic E-state index is 13.2. The summed E-state index contributed by atoms with van der Waals surface area (Å²) in [5.74, 6) is -2.19. The molecule has 3 aromatic carbocycles. The van der Waals surface area contributed by atoms with Gasteiger partial charge < -0.3 is 4.74 Å². The Kier molecular flexibility index (Phi) is 4.96. The zero-order valence-corrected chi connectivity index (χ0v) is 15.8. The number of hydrogen-bond acceptors (Lipinski definition) is 4. The van der Waals surface area contributed by atoms with Crippen LogP contribution in [0.4, 0.5) is 5.69 Å². The van der Waals surface area contributed by atoms with Gasteiger partial charge in [0.05, 0.1) is 13.2 Å². The van der Waals surface area contributed by atoms with Gasteiger partial charge in [-0.3, -0.25) is 19.3 Å². The summed E-state index contributed by atoms with van der Waals surface area (Å²) in [4.78, 5) is 40.6. The Labute approximate surface area is 168 Å². The van der Waals surface area contributed by atoms with Crippen LogP contribution in [0.25, 0.3) is 0 Å². The van der Waals surface area contributed by atoms with E-state index in [2.05, 4.69) is 0 Å². The molecular weight excluding hydrogens is 366 g/mol. The number of Topliss-reactive ketones (excluding diaryl/α,β-unsaturated/α-hetero) is 2. The van der Waals surface area contributed by atoms with Crippen LogP contribution in [-0.4, -0.2) is 24.6 Å². The number of benzene rings is 3. The summed E-state index contributed by atoms with van der Waals surface area (Å²) in [5.41, 5.74) is 1.69. The van der Waals surface area contributed by atoms with Crippen molar-refractivity contribution in [2.24, 2.45) is 5.92 Å². The smallest absolute Gasteiger partial charge is 0.295 e. The first-order valence-corrected chi connectivity index (χ1v) is 9.27. The predicted octanol–water partition coefficient (Wildman–Crippen LogP) is 3.85. The van der Waals surface area contributed by atoms with Gasteiger partial charge >= 0.3 is 0 Å². The number of rotatable bonds is 5. The van der Waals surface area contributed by atoms with E-state index < -0.39 is 23.7 Å². The lowest BCUT2D eigenvalue weighted by Crippen LogP contribution is -2.30. The molecule has 1 fully saturated rings. The highest BCUT2D eigenvalue weighted by Crippen LogP contribution is 2.41. The van der Waals surface area contributed by atoms with Crippen LogP contribution in [-0.2, 0) is 9.59 Å². The van der Waals surface area contributed by atoms with E-state index in [9.17, 15) is 14.4 Å². The number of carbonyl (C=O) groups excluding carboxylic acids is 3. The fourth-order valence-corrected chi connectivity index (χ4v) is 3.73. The van der Waals surface area contributed by atoms with Crippen molar-refractivity contribution in [3.8, 4) is 5.75 Å². The van der Waals surface area contributed by atoms with Gasteiger partial charge in [-0.1, -0.05) is 60.7 Å². The zero-order chi connectivity index (χ0) is 20.4. The van der Waals surface area contributed by atoms with Crippen molar-refractivity contribution in [1.82, 2.24) is 0 Å². The molecule has 3 aromatic rings. The molecule has 0 aliphatic carbocycles. The Hall–Kier alpha value is -3.73. The third-order valence-corrected chi connectivity index (χ3v) is 5.14. The van der Waals surface area contributed by atoms with Crippen molar-refractivity contribution < 1.29 is 19.1 Å². The van der Waals surface area contributed by atoms with Gasteiger partial charge in [-0.15, -0.1) is 0 Å². The Bertz CT molecular complexity index is 1050. The molecule has 1 amide bonds. The summed E-state index contributed by atoms with van der Waals surface area (Å²) in [5, 5.41) is 0. The van der Waals surface area contributed by atoms with Crippen LogP contribution >= 0.6 is 0 Å². The summed E-state index contributed by atoms with van der Waals surface area (Å²) in [6.45, 7) is 0. The highest BCUT2D eigenvalue weighted by atomic mass is 16.5. The molecule has 0 spiro atoms. The minimum absolute atomic E-state index is 0.353. The molecule has 144 valence electrons. The second-order valence-corrected chi connectivity index (χ2v) is 6.80. The van der Waals surface area contributed by atoms with Gasteiger partial charge in [-0.2, -0.15) is 0 Å². The Morgan fingerprint density at radius 1 is 0.828 bits per heavy atom. The second-order valence-electron chi connectivity index (χ2n) is 6.80. The van der Waals surface area contributed by atoms with Crippen LogP contribution < -0.4 is 9.64 Å². The molecule has 1 aliphatic heterocycles. The first-order chi connectivity index (χ1) is 14.1. The number of ether oxygens (including phenoxy) is 1. The molecule has 29 heavy (non-hydrogen) atoms. The van der Waals surface area contributed by atoms with Gasteiger partial charge in [-0.05, 0) is 29.8 Å². The van der Waals surface area contributed by atoms with E-state index in [1.54, 1.807) is 61.7 Å². The maximum atomic E-state index is 13.2. The fourth-order valence-electron chi connectivity index (χ4n) is 3.73. The van der Waals surface area contributed by atoms with Crippen LogP contribution in [0.5, 0.6) is 5.75 Å². The maximum Gasteiger partial charge on any atom is 0.295 e. The molecule has 2 unspecified atom stereocenters. The first-order valence-electron chi connectivity index (χ1n) is 9.27. The molecule has 0 N–H and O–H groups in total. The summed E-state index contributed by atoms with van der Waals surface area (Å²) in [7, 11) is 1.56. The number of nitrogens with zero attached hydrogens (tertiary/aromatic N) is 1. The third kappa shape index (κ3) is 3.31. The quantitative estimate of drug-likeness (QED) is 0.380. The van der Waals surface area contributed by atoms with Crippen molar-refractivity contribution in [3.63, 3.8) is 0 Å². The molecule has 4 rings (SSSR count). The van der Waals surface area contributed by atoms with Crippen LogP contribution in [0.1, 0.15) is 22.0 Å². The van der Waals surface area contributed by atoms with Crippen molar-refractivity contribution in [2.75, 3.05) is 12.0 Å². The van der Waals surface area contributed by atoms with E-state index >= 15 is 0 Å². The lowest BCUT2D eigenvalue weighted by molar-refractivity contribution is -0.135. The van der Waals surface area contributed by atoms with Crippen molar-refractivity contribution in [3.05, 3.63) is 96.1 Å². The highest BCUT2D eigenvalue weighted by Gasteiger charge is 2.52. The molecule has 1 aliphatic rings. The zero-order valence-electron chi connectivity index (χ0n) is 15.8. The predicted molar refractivity (Wildman–Crippen MR) is 109 cm³/mol. The summed E-state index contributed by atoms with van der Waals surface area (Å²) in [6, 6.07) is 24.0. The van der Waals surface area contributed by atoms with Crippen molar-refractivity contribution in [1.29, 1.82) is 0 Å². The molecule has 0 bridgehead atoms. The average molecular weight is 385 g/mol. The van der Waals surface area contributed by atoms with E-state index in [1.165, 1.54) is 4.90 Å². The number of methoxy groups -OCH3 is 1. The minimum Gasteiger partial charge on any atom is -0.497 e. The Morgan fingerprint density at radius 2 is 1.41 bits per heavy atom. The number of hydrogen-bond donors (Lipinski definition) is 0. The van der Waals surface area contributed by atoms with Crippen LogP contribution in [0.3, 0.4) is 0 Å². The van der Waals surface area contributed by atoms with E-state index in [4.69, 9.17) is 4.74 Å². The summed E-state index contributed by atoms with van der Waals surface area (Å²) < 4.78 is 5.18. The standard InChI is InChI=1S/C24H19NO4/c1-29-19-14-12-18(13-15-19)25-21(16-8-4-2-5-9-16)20(23(27)24(25)28)22(26)17-10-6-3-7-11-17/h2-15,20-21H,1H3. The monoisotopic (exact) mass is 385 g/mol. The summed E-state index contributed by atoms with van der Waals surface area (Å²) in [6.07, 6.45) is 0. The van der Waals surface area contributed by atoms with Crippen molar-refractivity contribution >= 4 is 23.2 Å². The molecule has 1 saturated heterocycles. The molecule has 1 heterocycles. The minimum atomic E-state index is -1.10. The van der Waals surface area contributed by atoms with Crippen LogP contribution in [0.15, 0.2) is 84.9 Å². The van der Waals surface area contributed by atoms with Gasteiger partial charge in [0.15, 0.2) is 5.78 Å². The normalized spacial score (nSPS) is 18.7. The largest absolute Gasteiger partial charge is 0.497 e. The van der Waals surface area contributed by atoms with Crippen LogP contribution in [0, 0.1) is 5.92 Å². The van der Waals surface area contributed by atoms with E-state index in [0.717, 1.165) is 5.56 Å². The summed E-state index contributed by atoms with van der Waals surface area (Å²) >= 11 is 0. The second kappa shape index (κ2) is 7.72. The van der Waals surface area contributed by atoms with Crippen molar-refractivity contribution in [2.45, 2.75) is 6.04 Å². The molecule has 0 radical (unpaired) electrons. The average Bonchev–Trinajstić information content (AvgIpc) is 3.05. The molecule has 2 atom stereocenters. The lowest BCUT2D eigenvalue weighted by atomic mass is 9.86. The Balaban J connectivity index is 1.83. The Morgan fingerprint density at radius 3 is 2.00 bits per heavy atom. The topological polar surface area (TPSA) is 63.7 Å². The SMILES string of the molecule is COc1ccc(N2C(=O)C(=O)C(C(=O)c3ccccc3)C2c2ccccc2)cc1. The fraction of sp³-hybridized carbons (Fsp3) is 0.125. The molecule has 5 heteroatoms. The number of anilines is 1. The molecular formula is C24H19NO4. The van der Waals surface area contributed by atoms with Gasteiger partial charge in [0.2, 0.25) is 5.78 Å². The third-order valence-electron chi connectivity index (χ3n) is 5.14. The number of amides is 1. The van der Waals surface area contributed by atoms with E-state index in [1.807, 2.05) is 30.3 Å². The highest BCUT2D eigenvalue weighted by molar-refractivity contribution is 6.49. The molecule has 5 nitrogen and oxygen atoms in total. The molecule has 0 saturated carbocycles. The van der Waals surface area contributed by atoms with E-state index in [0.29, 0.717) is 17.0 Å². The van der Waals surface area contributed by atoms with Gasteiger partial charge in [0.1, 0.15) is 11.7 Å². The number of carbonyl (C=O) groups is 3.